The Kier molecular flexibility index (Phi) is 3.34. The Morgan fingerprint density at radius 3 is 2.67 bits per heavy atom. The monoisotopic (exact) mass is 211 g/mol. The number of rotatable bonds is 3. The summed E-state index contributed by atoms with van der Waals surface area (Å²) in [5.41, 5.74) is -0.404. The molecule has 2 N–H and O–H groups in total. The lowest BCUT2D eigenvalue weighted by Gasteiger charge is -2.20. The zero-order chi connectivity index (χ0) is 11.5. The van der Waals surface area contributed by atoms with Crippen molar-refractivity contribution in [2.45, 2.75) is 39.3 Å². The summed E-state index contributed by atoms with van der Waals surface area (Å²) in [6.45, 7) is 6.18. The van der Waals surface area contributed by atoms with Crippen molar-refractivity contribution in [3.8, 4) is 0 Å². The maximum absolute atomic E-state index is 11.4. The number of H-pyrrole nitrogens is 1. The molecule has 1 aromatic rings. The van der Waals surface area contributed by atoms with Crippen LogP contribution in [0.2, 0.25) is 0 Å². The number of aromatic nitrogens is 2. The molecule has 0 saturated heterocycles. The van der Waals surface area contributed by atoms with Gasteiger partial charge in [0, 0.05) is 30.9 Å². The molecular formula is C10H17N3O2. The highest BCUT2D eigenvalue weighted by Gasteiger charge is 2.13. The van der Waals surface area contributed by atoms with Gasteiger partial charge in [0.25, 0.3) is 0 Å². The summed E-state index contributed by atoms with van der Waals surface area (Å²) >= 11 is 0. The highest BCUT2D eigenvalue weighted by atomic mass is 16.2. The van der Waals surface area contributed by atoms with Crippen molar-refractivity contribution in [1.82, 2.24) is 14.9 Å². The zero-order valence-corrected chi connectivity index (χ0v) is 9.33. The largest absolute Gasteiger partial charge is 0.351 e. The molecule has 15 heavy (non-hydrogen) atoms. The van der Waals surface area contributed by atoms with Gasteiger partial charge in [-0.15, -0.1) is 0 Å². The van der Waals surface area contributed by atoms with Crippen LogP contribution in [0, 0.1) is 0 Å². The first-order chi connectivity index (χ1) is 6.88. The van der Waals surface area contributed by atoms with Crippen LogP contribution < -0.4 is 11.0 Å². The SMILES string of the molecule is CC(C)(C)NC(=O)CCn1cc[nH]c1=O. The summed E-state index contributed by atoms with van der Waals surface area (Å²) in [6, 6.07) is 0. The smallest absolute Gasteiger partial charge is 0.325 e. The number of hydrogen-bond acceptors (Lipinski definition) is 2. The fraction of sp³-hybridized carbons (Fsp3) is 0.600. The lowest BCUT2D eigenvalue weighted by atomic mass is 10.1. The van der Waals surface area contributed by atoms with Crippen molar-refractivity contribution in [2.24, 2.45) is 0 Å². The number of carbonyl (C=O) groups excluding carboxylic acids is 1. The van der Waals surface area contributed by atoms with E-state index in [0.29, 0.717) is 13.0 Å². The summed E-state index contributed by atoms with van der Waals surface area (Å²) in [4.78, 5) is 25.0. The number of aromatic amines is 1. The number of nitrogens with zero attached hydrogens (tertiary/aromatic N) is 1. The maximum atomic E-state index is 11.4. The molecule has 1 aromatic heterocycles. The molecule has 0 aliphatic rings. The van der Waals surface area contributed by atoms with Crippen LogP contribution in [-0.4, -0.2) is 21.0 Å². The van der Waals surface area contributed by atoms with E-state index in [1.807, 2.05) is 20.8 Å². The summed E-state index contributed by atoms with van der Waals surface area (Å²) < 4.78 is 1.47. The second kappa shape index (κ2) is 4.33. The fourth-order valence-electron chi connectivity index (χ4n) is 1.23. The van der Waals surface area contributed by atoms with E-state index in [1.54, 1.807) is 12.4 Å². The van der Waals surface area contributed by atoms with Gasteiger partial charge in [-0.3, -0.25) is 9.36 Å². The van der Waals surface area contributed by atoms with Crippen LogP contribution in [0.4, 0.5) is 0 Å². The fourth-order valence-corrected chi connectivity index (χ4v) is 1.23. The Bertz CT molecular complexity index is 384. The summed E-state index contributed by atoms with van der Waals surface area (Å²) in [5.74, 6) is -0.0457. The van der Waals surface area contributed by atoms with E-state index in [-0.39, 0.29) is 17.1 Å². The molecule has 5 heteroatoms. The predicted molar refractivity (Wildman–Crippen MR) is 57.6 cm³/mol. The van der Waals surface area contributed by atoms with Gasteiger partial charge in [-0.25, -0.2) is 4.79 Å². The second-order valence-electron chi connectivity index (χ2n) is 4.51. The third-order valence-electron chi connectivity index (χ3n) is 1.82. The lowest BCUT2D eigenvalue weighted by molar-refractivity contribution is -0.122. The molecule has 1 heterocycles. The van der Waals surface area contributed by atoms with Gasteiger partial charge in [-0.1, -0.05) is 0 Å². The lowest BCUT2D eigenvalue weighted by Crippen LogP contribution is -2.41. The van der Waals surface area contributed by atoms with E-state index >= 15 is 0 Å². The molecule has 84 valence electrons. The number of imidazole rings is 1. The number of hydrogen-bond donors (Lipinski definition) is 2. The van der Waals surface area contributed by atoms with Crippen LogP contribution in [0.3, 0.4) is 0 Å². The number of amides is 1. The maximum Gasteiger partial charge on any atom is 0.325 e. The average Bonchev–Trinajstić information content (AvgIpc) is 2.44. The molecule has 0 aliphatic carbocycles. The van der Waals surface area contributed by atoms with Crippen molar-refractivity contribution in [3.05, 3.63) is 22.9 Å². The number of aryl methyl sites for hydroxylation is 1. The molecule has 0 fully saturated rings. The average molecular weight is 211 g/mol. The third kappa shape index (κ3) is 4.01. The van der Waals surface area contributed by atoms with Crippen LogP contribution >= 0.6 is 0 Å². The van der Waals surface area contributed by atoms with Gasteiger partial charge in [0.15, 0.2) is 0 Å². The molecule has 0 bridgehead atoms. The summed E-state index contributed by atoms with van der Waals surface area (Å²) in [5, 5.41) is 2.84. The first kappa shape index (κ1) is 11.6. The van der Waals surface area contributed by atoms with E-state index in [9.17, 15) is 9.59 Å². The van der Waals surface area contributed by atoms with Crippen molar-refractivity contribution < 1.29 is 4.79 Å². The van der Waals surface area contributed by atoms with Crippen LogP contribution in [0.15, 0.2) is 17.2 Å². The van der Waals surface area contributed by atoms with Crippen LogP contribution in [0.5, 0.6) is 0 Å². The highest BCUT2D eigenvalue weighted by Crippen LogP contribution is 1.99. The quantitative estimate of drug-likeness (QED) is 0.763. The van der Waals surface area contributed by atoms with E-state index in [0.717, 1.165) is 0 Å². The molecule has 0 saturated carbocycles. The summed E-state index contributed by atoms with van der Waals surface area (Å²) in [7, 11) is 0. The Hall–Kier alpha value is -1.52. The molecule has 0 atom stereocenters. The van der Waals surface area contributed by atoms with E-state index < -0.39 is 0 Å². The standard InChI is InChI=1S/C10H17N3O2/c1-10(2,3)12-8(14)4-6-13-7-5-11-9(13)15/h5,7H,4,6H2,1-3H3,(H,11,15)(H,12,14). The van der Waals surface area contributed by atoms with Gasteiger partial charge in [-0.05, 0) is 20.8 Å². The Morgan fingerprint density at radius 2 is 2.20 bits per heavy atom. The highest BCUT2D eigenvalue weighted by molar-refractivity contribution is 5.76. The van der Waals surface area contributed by atoms with Gasteiger partial charge in [0.2, 0.25) is 5.91 Å². The van der Waals surface area contributed by atoms with E-state index in [2.05, 4.69) is 10.3 Å². The second-order valence-corrected chi connectivity index (χ2v) is 4.51. The van der Waals surface area contributed by atoms with Crippen LogP contribution in [-0.2, 0) is 11.3 Å². The molecule has 1 rings (SSSR count). The molecule has 0 unspecified atom stereocenters. The molecule has 5 nitrogen and oxygen atoms in total. The molecule has 0 aromatic carbocycles. The van der Waals surface area contributed by atoms with Gasteiger partial charge >= 0.3 is 5.69 Å². The van der Waals surface area contributed by atoms with Gasteiger partial charge in [0.05, 0.1) is 0 Å². The Labute approximate surface area is 88.5 Å². The van der Waals surface area contributed by atoms with Gasteiger partial charge in [0.1, 0.15) is 0 Å². The number of nitrogens with one attached hydrogen (secondary N) is 2. The Morgan fingerprint density at radius 1 is 1.53 bits per heavy atom. The molecule has 0 aliphatic heterocycles. The summed E-state index contributed by atoms with van der Waals surface area (Å²) in [6.07, 6.45) is 3.51. The normalized spacial score (nSPS) is 11.4. The molecular weight excluding hydrogens is 194 g/mol. The van der Waals surface area contributed by atoms with Gasteiger partial charge in [-0.2, -0.15) is 0 Å². The first-order valence-electron chi connectivity index (χ1n) is 4.93. The van der Waals surface area contributed by atoms with Crippen LogP contribution in [0.25, 0.3) is 0 Å². The van der Waals surface area contributed by atoms with Crippen molar-refractivity contribution in [3.63, 3.8) is 0 Å². The van der Waals surface area contributed by atoms with Crippen LogP contribution in [0.1, 0.15) is 27.2 Å². The minimum absolute atomic E-state index is 0.0457. The zero-order valence-electron chi connectivity index (χ0n) is 9.33. The molecule has 1 amide bonds. The first-order valence-corrected chi connectivity index (χ1v) is 4.93. The van der Waals surface area contributed by atoms with Crippen molar-refractivity contribution >= 4 is 5.91 Å². The molecule has 0 radical (unpaired) electrons. The van der Waals surface area contributed by atoms with Crippen molar-refractivity contribution in [1.29, 1.82) is 0 Å². The Balaban J connectivity index is 2.42. The topological polar surface area (TPSA) is 66.9 Å². The predicted octanol–water partition coefficient (Wildman–Crippen LogP) is 0.481. The van der Waals surface area contributed by atoms with E-state index in [1.165, 1.54) is 4.57 Å². The minimum Gasteiger partial charge on any atom is -0.351 e. The molecule has 0 spiro atoms. The van der Waals surface area contributed by atoms with E-state index in [4.69, 9.17) is 0 Å². The van der Waals surface area contributed by atoms with Crippen molar-refractivity contribution in [2.75, 3.05) is 0 Å². The number of carbonyl (C=O) groups is 1. The van der Waals surface area contributed by atoms with Gasteiger partial charge < -0.3 is 10.3 Å². The minimum atomic E-state index is -0.222. The third-order valence-corrected chi connectivity index (χ3v) is 1.82.